The van der Waals surface area contributed by atoms with E-state index in [4.69, 9.17) is 9.47 Å². The highest BCUT2D eigenvalue weighted by Gasteiger charge is 2.18. The third-order valence-electron chi connectivity index (χ3n) is 2.73. The number of carbonyl (C=O) groups excluding carboxylic acids is 1. The smallest absolute Gasteiger partial charge is 0.328 e. The van der Waals surface area contributed by atoms with Crippen LogP contribution in [0.3, 0.4) is 0 Å². The summed E-state index contributed by atoms with van der Waals surface area (Å²) in [5.41, 5.74) is 1.99. The van der Waals surface area contributed by atoms with Gasteiger partial charge in [0.1, 0.15) is 6.04 Å². The molecule has 1 aromatic rings. The van der Waals surface area contributed by atoms with Gasteiger partial charge >= 0.3 is 5.97 Å². The molecule has 0 spiro atoms. The van der Waals surface area contributed by atoms with Crippen molar-refractivity contribution in [1.82, 2.24) is 0 Å². The molecule has 0 aliphatic rings. The molecule has 1 atom stereocenters. The Morgan fingerprint density at radius 2 is 2.16 bits per heavy atom. The van der Waals surface area contributed by atoms with Crippen LogP contribution >= 0.6 is 0 Å². The van der Waals surface area contributed by atoms with Crippen LogP contribution in [0.5, 0.6) is 0 Å². The molecule has 0 fully saturated rings. The molecule has 0 aliphatic carbocycles. The van der Waals surface area contributed by atoms with Crippen molar-refractivity contribution in [3.63, 3.8) is 0 Å². The van der Waals surface area contributed by atoms with Gasteiger partial charge in [-0.2, -0.15) is 0 Å². The van der Waals surface area contributed by atoms with Gasteiger partial charge in [0.25, 0.3) is 0 Å². The highest BCUT2D eigenvalue weighted by Crippen LogP contribution is 2.15. The van der Waals surface area contributed by atoms with Gasteiger partial charge in [-0.05, 0) is 31.0 Å². The predicted molar refractivity (Wildman–Crippen MR) is 76.1 cm³/mol. The van der Waals surface area contributed by atoms with Crippen molar-refractivity contribution in [3.8, 4) is 0 Å². The second-order valence-corrected chi connectivity index (χ2v) is 4.37. The normalized spacial score (nSPS) is 11.9. The van der Waals surface area contributed by atoms with E-state index in [1.165, 1.54) is 0 Å². The van der Waals surface area contributed by atoms with Gasteiger partial charge in [0.15, 0.2) is 0 Å². The maximum atomic E-state index is 11.8. The zero-order chi connectivity index (χ0) is 14.1. The van der Waals surface area contributed by atoms with E-state index >= 15 is 0 Å². The third kappa shape index (κ3) is 5.30. The molecule has 1 N–H and O–H groups in total. The molecule has 0 bridgehead atoms. The zero-order valence-electron chi connectivity index (χ0n) is 11.9. The lowest BCUT2D eigenvalue weighted by atomic mass is 10.1. The van der Waals surface area contributed by atoms with Gasteiger partial charge in [-0.1, -0.05) is 25.5 Å². The lowest BCUT2D eigenvalue weighted by Gasteiger charge is -2.18. The third-order valence-corrected chi connectivity index (χ3v) is 2.73. The highest BCUT2D eigenvalue weighted by molar-refractivity contribution is 5.79. The average Bonchev–Trinajstić information content (AvgIpc) is 2.39. The van der Waals surface area contributed by atoms with Crippen LogP contribution in [0.15, 0.2) is 24.3 Å². The summed E-state index contributed by atoms with van der Waals surface area (Å²) >= 11 is 0. The van der Waals surface area contributed by atoms with Crippen LogP contribution in [-0.2, 0) is 20.9 Å². The number of carbonyl (C=O) groups is 1. The van der Waals surface area contributed by atoms with Crippen LogP contribution in [0.1, 0.15) is 32.3 Å². The second-order valence-electron chi connectivity index (χ2n) is 4.37. The van der Waals surface area contributed by atoms with Crippen LogP contribution in [0.25, 0.3) is 0 Å². The van der Waals surface area contributed by atoms with E-state index in [1.54, 1.807) is 7.11 Å². The molecule has 1 unspecified atom stereocenters. The number of rotatable bonds is 8. The van der Waals surface area contributed by atoms with Crippen LogP contribution < -0.4 is 5.32 Å². The van der Waals surface area contributed by atoms with E-state index in [0.717, 1.165) is 24.1 Å². The SMILES string of the molecule is CCCC(Nc1cccc(COC)c1)C(=O)OCC. The van der Waals surface area contributed by atoms with E-state index in [9.17, 15) is 4.79 Å². The fourth-order valence-electron chi connectivity index (χ4n) is 1.90. The number of nitrogens with one attached hydrogen (secondary N) is 1. The first-order chi connectivity index (χ1) is 9.21. The molecule has 1 aromatic carbocycles. The first-order valence-corrected chi connectivity index (χ1v) is 6.72. The molecular formula is C15H23NO3. The van der Waals surface area contributed by atoms with Crippen LogP contribution in [0.2, 0.25) is 0 Å². The minimum Gasteiger partial charge on any atom is -0.464 e. The largest absolute Gasteiger partial charge is 0.464 e. The van der Waals surface area contributed by atoms with Gasteiger partial charge in [0.05, 0.1) is 13.2 Å². The van der Waals surface area contributed by atoms with Crippen molar-refractivity contribution in [3.05, 3.63) is 29.8 Å². The molecule has 0 saturated heterocycles. The molecule has 0 heterocycles. The summed E-state index contributed by atoms with van der Waals surface area (Å²) in [6.07, 6.45) is 1.68. The van der Waals surface area contributed by atoms with Gasteiger partial charge in [-0.3, -0.25) is 0 Å². The Kier molecular flexibility index (Phi) is 6.97. The Morgan fingerprint density at radius 3 is 2.79 bits per heavy atom. The topological polar surface area (TPSA) is 47.6 Å². The summed E-state index contributed by atoms with van der Waals surface area (Å²) in [6, 6.07) is 7.59. The van der Waals surface area contributed by atoms with Crippen molar-refractivity contribution in [2.24, 2.45) is 0 Å². The van der Waals surface area contributed by atoms with Crippen LogP contribution in [-0.4, -0.2) is 25.7 Å². The zero-order valence-corrected chi connectivity index (χ0v) is 11.9. The number of methoxy groups -OCH3 is 1. The molecule has 19 heavy (non-hydrogen) atoms. The molecule has 0 saturated carbocycles. The fourth-order valence-corrected chi connectivity index (χ4v) is 1.90. The molecule has 0 aliphatic heterocycles. The van der Waals surface area contributed by atoms with Crippen LogP contribution in [0, 0.1) is 0 Å². The van der Waals surface area contributed by atoms with Gasteiger partial charge in [-0.25, -0.2) is 4.79 Å². The molecule has 0 amide bonds. The summed E-state index contributed by atoms with van der Waals surface area (Å²) in [5, 5.41) is 3.23. The first kappa shape index (κ1) is 15.5. The second kappa shape index (κ2) is 8.53. The number of hydrogen-bond acceptors (Lipinski definition) is 4. The molecule has 0 aromatic heterocycles. The van der Waals surface area contributed by atoms with Crippen molar-refractivity contribution < 1.29 is 14.3 Å². The molecular weight excluding hydrogens is 242 g/mol. The molecule has 106 valence electrons. The molecule has 4 nitrogen and oxygen atoms in total. The van der Waals surface area contributed by atoms with Gasteiger partial charge in [-0.15, -0.1) is 0 Å². The lowest BCUT2D eigenvalue weighted by molar-refractivity contribution is -0.144. The Morgan fingerprint density at radius 1 is 1.37 bits per heavy atom. The van der Waals surface area contributed by atoms with Crippen molar-refractivity contribution in [1.29, 1.82) is 0 Å². The van der Waals surface area contributed by atoms with Crippen LogP contribution in [0.4, 0.5) is 5.69 Å². The Hall–Kier alpha value is -1.55. The van der Waals surface area contributed by atoms with E-state index < -0.39 is 0 Å². The van der Waals surface area contributed by atoms with Gasteiger partial charge in [0.2, 0.25) is 0 Å². The number of ether oxygens (including phenoxy) is 2. The molecule has 0 radical (unpaired) electrons. The van der Waals surface area contributed by atoms with Gasteiger partial charge in [0, 0.05) is 12.8 Å². The summed E-state index contributed by atoms with van der Waals surface area (Å²) in [4.78, 5) is 11.8. The highest BCUT2D eigenvalue weighted by atomic mass is 16.5. The van der Waals surface area contributed by atoms with E-state index in [0.29, 0.717) is 13.2 Å². The van der Waals surface area contributed by atoms with Crippen molar-refractivity contribution in [2.45, 2.75) is 39.3 Å². The average molecular weight is 265 g/mol. The number of benzene rings is 1. The predicted octanol–water partition coefficient (Wildman–Crippen LogP) is 2.98. The number of anilines is 1. The lowest BCUT2D eigenvalue weighted by Crippen LogP contribution is -2.31. The number of esters is 1. The monoisotopic (exact) mass is 265 g/mol. The minimum absolute atomic E-state index is 0.193. The number of hydrogen-bond donors (Lipinski definition) is 1. The Bertz CT molecular complexity index is 393. The van der Waals surface area contributed by atoms with Crippen molar-refractivity contribution in [2.75, 3.05) is 19.0 Å². The maximum absolute atomic E-state index is 11.8. The Labute approximate surface area is 115 Å². The molecule has 4 heteroatoms. The Balaban J connectivity index is 2.72. The maximum Gasteiger partial charge on any atom is 0.328 e. The first-order valence-electron chi connectivity index (χ1n) is 6.72. The van der Waals surface area contributed by atoms with Gasteiger partial charge < -0.3 is 14.8 Å². The van der Waals surface area contributed by atoms with E-state index in [2.05, 4.69) is 12.2 Å². The quantitative estimate of drug-likeness (QED) is 0.734. The summed E-state index contributed by atoms with van der Waals surface area (Å²) in [5.74, 6) is -0.193. The fraction of sp³-hybridized carbons (Fsp3) is 0.533. The summed E-state index contributed by atoms with van der Waals surface area (Å²) in [6.45, 7) is 4.84. The van der Waals surface area contributed by atoms with E-state index in [-0.39, 0.29) is 12.0 Å². The standard InChI is InChI=1S/C15H23NO3/c1-4-7-14(15(17)19-5-2)16-13-9-6-8-12(10-13)11-18-3/h6,8-10,14,16H,4-5,7,11H2,1-3H3. The van der Waals surface area contributed by atoms with Crippen molar-refractivity contribution >= 4 is 11.7 Å². The minimum atomic E-state index is -0.289. The summed E-state index contributed by atoms with van der Waals surface area (Å²) < 4.78 is 10.2. The molecule has 1 rings (SSSR count). The van der Waals surface area contributed by atoms with E-state index in [1.807, 2.05) is 31.2 Å². The summed E-state index contributed by atoms with van der Waals surface area (Å²) in [7, 11) is 1.67.